The Bertz CT molecular complexity index is 239. The van der Waals surface area contributed by atoms with Crippen molar-refractivity contribution in [1.29, 1.82) is 0 Å². The maximum atomic E-state index is 2.92. The standard InChI is InChI=1S/C7H14N.3C4H9.Sn/c1-4-5-8-6-7(2)3;3*1-3-4-2;/h4-5,7H,6H2,1-3H3;3*1,3-4H2,2H3;/q-1;;;;+1. The third-order valence-corrected chi connectivity index (χ3v) is 19.9. The first-order valence-corrected chi connectivity index (χ1v) is 16.8. The van der Waals surface area contributed by atoms with E-state index in [1.807, 2.05) is 0 Å². The van der Waals surface area contributed by atoms with Crippen molar-refractivity contribution in [3.63, 3.8) is 0 Å². The second-order valence-electron chi connectivity index (χ2n) is 7.06. The van der Waals surface area contributed by atoms with Crippen LogP contribution in [0.25, 0.3) is 0 Å². The zero-order valence-corrected chi connectivity index (χ0v) is 18.6. The van der Waals surface area contributed by atoms with Gasteiger partial charge in [-0.05, 0) is 0 Å². The van der Waals surface area contributed by atoms with Gasteiger partial charge in [0.1, 0.15) is 0 Å². The molecule has 0 radical (unpaired) electrons. The van der Waals surface area contributed by atoms with Crippen LogP contribution in [0.15, 0.2) is 12.3 Å². The van der Waals surface area contributed by atoms with Gasteiger partial charge in [-0.2, -0.15) is 0 Å². The van der Waals surface area contributed by atoms with Crippen LogP contribution >= 0.6 is 0 Å². The molecule has 0 rings (SSSR count). The van der Waals surface area contributed by atoms with Crippen molar-refractivity contribution in [3.05, 3.63) is 12.3 Å². The van der Waals surface area contributed by atoms with Gasteiger partial charge < -0.3 is 0 Å². The van der Waals surface area contributed by atoms with E-state index in [4.69, 9.17) is 0 Å². The number of unbranched alkanes of at least 4 members (excludes halogenated alkanes) is 3. The fourth-order valence-corrected chi connectivity index (χ4v) is 20.0. The summed E-state index contributed by atoms with van der Waals surface area (Å²) in [5.41, 5.74) is 0. The van der Waals surface area contributed by atoms with Crippen LogP contribution in [0.3, 0.4) is 0 Å². The van der Waals surface area contributed by atoms with E-state index in [2.05, 4.69) is 56.9 Å². The van der Waals surface area contributed by atoms with E-state index in [0.717, 1.165) is 5.92 Å². The number of allylic oxidation sites excluding steroid dienone is 1. The summed E-state index contributed by atoms with van der Waals surface area (Å²) < 4.78 is 7.63. The molecular formula is C19H41NSn. The summed E-state index contributed by atoms with van der Waals surface area (Å²) in [5.74, 6) is 0.780. The van der Waals surface area contributed by atoms with Gasteiger partial charge in [-0.25, -0.2) is 0 Å². The molecule has 0 aromatic carbocycles. The Kier molecular flexibility index (Phi) is 13.0. The molecule has 1 nitrogen and oxygen atoms in total. The molecule has 0 fully saturated rings. The van der Waals surface area contributed by atoms with E-state index in [1.54, 1.807) is 13.3 Å². The molecule has 0 aromatic heterocycles. The summed E-state index contributed by atoms with van der Waals surface area (Å²) in [4.78, 5) is 0. The normalized spacial score (nSPS) is 12.5. The van der Waals surface area contributed by atoms with Gasteiger partial charge in [0.25, 0.3) is 0 Å². The fourth-order valence-electron chi connectivity index (χ4n) is 3.31. The van der Waals surface area contributed by atoms with Gasteiger partial charge >= 0.3 is 140 Å². The van der Waals surface area contributed by atoms with Crippen LogP contribution in [-0.2, 0) is 0 Å². The number of nitrogens with zero attached hydrogens (tertiary/aromatic N) is 1. The van der Waals surface area contributed by atoms with E-state index >= 15 is 0 Å². The summed E-state index contributed by atoms with van der Waals surface area (Å²) >= 11 is -2.21. The average Bonchev–Trinajstić information content (AvgIpc) is 2.46. The Morgan fingerprint density at radius 3 is 1.57 bits per heavy atom. The van der Waals surface area contributed by atoms with E-state index in [0.29, 0.717) is 0 Å². The van der Waals surface area contributed by atoms with Gasteiger partial charge in [-0.3, -0.25) is 0 Å². The molecule has 126 valence electrons. The number of hydrogen-bond acceptors (Lipinski definition) is 1. The van der Waals surface area contributed by atoms with Gasteiger partial charge in [0, 0.05) is 0 Å². The number of rotatable bonds is 13. The summed E-state index contributed by atoms with van der Waals surface area (Å²) in [5, 5.41) is 0. The van der Waals surface area contributed by atoms with Crippen molar-refractivity contribution < 1.29 is 0 Å². The minimum absolute atomic E-state index is 0.780. The molecule has 0 spiro atoms. The quantitative estimate of drug-likeness (QED) is 0.306. The Morgan fingerprint density at radius 1 is 0.857 bits per heavy atom. The molecule has 0 heterocycles. The molecule has 0 N–H and O–H groups in total. The van der Waals surface area contributed by atoms with E-state index in [1.165, 1.54) is 45.1 Å². The van der Waals surface area contributed by atoms with Crippen LogP contribution < -0.4 is 0 Å². The van der Waals surface area contributed by atoms with Crippen LogP contribution in [-0.4, -0.2) is 28.3 Å². The van der Waals surface area contributed by atoms with Crippen LogP contribution in [0.2, 0.25) is 13.3 Å². The van der Waals surface area contributed by atoms with Crippen molar-refractivity contribution in [2.45, 2.75) is 93.4 Å². The molecule has 0 saturated heterocycles. The van der Waals surface area contributed by atoms with E-state index in [9.17, 15) is 0 Å². The summed E-state index contributed by atoms with van der Waals surface area (Å²) in [7, 11) is 0. The SMILES string of the molecule is CC=C[N](CC(C)C)[Sn]([CH2]CCC)([CH2]CCC)[CH2]CCC. The Morgan fingerprint density at radius 2 is 1.29 bits per heavy atom. The molecule has 0 amide bonds. The molecule has 21 heavy (non-hydrogen) atoms. The molecule has 0 atom stereocenters. The first kappa shape index (κ1) is 21.3. The molecule has 0 bridgehead atoms. The van der Waals surface area contributed by atoms with Crippen LogP contribution in [0.4, 0.5) is 0 Å². The van der Waals surface area contributed by atoms with Crippen molar-refractivity contribution >= 4 is 18.7 Å². The molecule has 0 aliphatic carbocycles. The Balaban J connectivity index is 5.28. The predicted molar refractivity (Wildman–Crippen MR) is 101 cm³/mol. The monoisotopic (exact) mass is 403 g/mol. The number of hydrogen-bond donors (Lipinski definition) is 0. The van der Waals surface area contributed by atoms with Gasteiger partial charge in [0.15, 0.2) is 0 Å². The van der Waals surface area contributed by atoms with Gasteiger partial charge in [-0.15, -0.1) is 0 Å². The predicted octanol–water partition coefficient (Wildman–Crippen LogP) is 6.82. The van der Waals surface area contributed by atoms with Crippen LogP contribution in [0.5, 0.6) is 0 Å². The zero-order chi connectivity index (χ0) is 16.1. The fraction of sp³-hybridized carbons (Fsp3) is 0.895. The summed E-state index contributed by atoms with van der Waals surface area (Å²) in [6, 6.07) is 0. The molecule has 0 unspecified atom stereocenters. The van der Waals surface area contributed by atoms with Crippen LogP contribution in [0.1, 0.15) is 80.1 Å². The maximum absolute atomic E-state index is 2.92. The Hall–Kier alpha value is 0.339. The minimum atomic E-state index is -2.21. The van der Waals surface area contributed by atoms with Crippen molar-refractivity contribution in [3.8, 4) is 0 Å². The first-order valence-electron chi connectivity index (χ1n) is 9.45. The average molecular weight is 402 g/mol. The van der Waals surface area contributed by atoms with Crippen molar-refractivity contribution in [2.75, 3.05) is 6.54 Å². The summed E-state index contributed by atoms with van der Waals surface area (Å²) in [6.45, 7) is 15.3. The van der Waals surface area contributed by atoms with Crippen LogP contribution in [0, 0.1) is 5.92 Å². The molecule has 2 heteroatoms. The third kappa shape index (κ3) is 8.52. The van der Waals surface area contributed by atoms with Gasteiger partial charge in [-0.1, -0.05) is 0 Å². The molecule has 0 saturated carbocycles. The molecule has 0 aliphatic rings. The summed E-state index contributed by atoms with van der Waals surface area (Å²) in [6.07, 6.45) is 13.2. The third-order valence-electron chi connectivity index (χ3n) is 4.49. The first-order chi connectivity index (χ1) is 10.1. The zero-order valence-electron chi connectivity index (χ0n) is 15.8. The topological polar surface area (TPSA) is 3.24 Å². The second-order valence-corrected chi connectivity index (χ2v) is 20.0. The van der Waals surface area contributed by atoms with E-state index in [-0.39, 0.29) is 0 Å². The molecule has 0 aromatic rings. The van der Waals surface area contributed by atoms with Gasteiger partial charge in [0.2, 0.25) is 0 Å². The van der Waals surface area contributed by atoms with Crippen molar-refractivity contribution in [1.82, 2.24) is 3.12 Å². The molecular weight excluding hydrogens is 361 g/mol. The van der Waals surface area contributed by atoms with Crippen molar-refractivity contribution in [2.24, 2.45) is 5.92 Å². The van der Waals surface area contributed by atoms with E-state index < -0.39 is 18.7 Å². The second kappa shape index (κ2) is 12.8. The van der Waals surface area contributed by atoms with Gasteiger partial charge in [0.05, 0.1) is 0 Å². The Labute approximate surface area is 139 Å². The molecule has 0 aliphatic heterocycles.